The molecule has 0 aromatic heterocycles. The number of phenols is 2. The van der Waals surface area contributed by atoms with Crippen LogP contribution in [0.25, 0.3) is 5.76 Å². The first-order valence-corrected chi connectivity index (χ1v) is 19.1. The Labute approximate surface area is 337 Å². The van der Waals surface area contributed by atoms with Gasteiger partial charge in [-0.05, 0) is 72.1 Å². The molecule has 0 radical (unpaired) electrons. The lowest BCUT2D eigenvalue weighted by Gasteiger charge is -2.46. The third kappa shape index (κ3) is 7.72. The maximum absolute atomic E-state index is 12.5. The van der Waals surface area contributed by atoms with Gasteiger partial charge in [-0.2, -0.15) is 0 Å². The largest absolute Gasteiger partial charge is 0.508 e. The number of fused-ring (bicyclic) bond motifs is 1. The Morgan fingerprint density at radius 3 is 2.47 bits per heavy atom. The Balaban J connectivity index is 1.12. The number of hydrogen-bond donors (Lipinski definition) is 8. The van der Waals surface area contributed by atoms with Gasteiger partial charge in [-0.1, -0.05) is 24.3 Å². The highest BCUT2D eigenvalue weighted by atomic mass is 16.7. The highest BCUT2D eigenvalue weighted by molar-refractivity contribution is 6.13. The van der Waals surface area contributed by atoms with Gasteiger partial charge in [0.1, 0.15) is 64.4 Å². The molecular weight excluding hydrogens is 768 g/mol. The van der Waals surface area contributed by atoms with Crippen LogP contribution in [0.2, 0.25) is 0 Å². The first-order valence-electron chi connectivity index (χ1n) is 19.1. The third-order valence-electron chi connectivity index (χ3n) is 11.0. The Kier molecular flexibility index (Phi) is 10.6. The van der Waals surface area contributed by atoms with Gasteiger partial charge in [-0.3, -0.25) is 10.4 Å². The summed E-state index contributed by atoms with van der Waals surface area (Å²) in [6.07, 6.45) is -0.509. The molecule has 17 heteroatoms. The number of aliphatic hydroxyl groups excluding tert-OH is 3. The Hall–Kier alpha value is -6.27. The molecule has 8 rings (SSSR count). The summed E-state index contributed by atoms with van der Waals surface area (Å²) in [4.78, 5) is 24.7. The fraction of sp³-hybridized carbons (Fsp3) is 0.357. The first kappa shape index (κ1) is 39.6. The number of carboxylic acids is 1. The lowest BCUT2D eigenvalue weighted by atomic mass is 9.80. The van der Waals surface area contributed by atoms with Gasteiger partial charge in [-0.25, -0.2) is 9.79 Å². The number of rotatable bonds is 13. The van der Waals surface area contributed by atoms with Crippen molar-refractivity contribution in [3.63, 3.8) is 0 Å². The minimum absolute atomic E-state index is 0.0148. The summed E-state index contributed by atoms with van der Waals surface area (Å²) in [5.41, 5.74) is -1.54. The van der Waals surface area contributed by atoms with Gasteiger partial charge in [0.2, 0.25) is 12.0 Å². The van der Waals surface area contributed by atoms with Crippen LogP contribution < -0.4 is 24.4 Å². The van der Waals surface area contributed by atoms with Crippen LogP contribution in [0.5, 0.6) is 34.5 Å². The summed E-state index contributed by atoms with van der Waals surface area (Å²) in [6, 6.07) is 14.7. The molecule has 4 heterocycles. The normalized spacial score (nSPS) is 26.7. The standard InChI is InChI=1S/C42H42N4O13/c43-32-11-8-24(46-32)12-15-55-27-9-6-22(7-10-27)29-17-28(48)33-30(56-29)18-31(36(34(33)49)59-41(13-1-2-14-41)23-4-3-5-26(47)16-23)57-40-35(50)37(51)42(54,38(58-40)39(52)53)19-25-20-44-21-45-25/h3-11,16-18,21,29,35,37-38,40,43,47-51,54H,1-2,12-15,19-20H2,(H,52,53)/p+1/t29?,35-,37+,38-,40-,42+/m1/s1. The molecular formula is C42H43N4O13+. The lowest BCUT2D eigenvalue weighted by molar-refractivity contribution is -0.303. The Bertz CT molecular complexity index is 2300. The number of carbonyl (C=O) groups is 1. The average molecular weight is 812 g/mol. The molecule has 0 bridgehead atoms. The molecule has 0 spiro atoms. The molecule has 3 aromatic rings. The summed E-state index contributed by atoms with van der Waals surface area (Å²) in [5, 5.41) is 83.9. The predicted octanol–water partition coefficient (Wildman–Crippen LogP) is 2.43. The van der Waals surface area contributed by atoms with Crippen molar-refractivity contribution in [2.45, 2.75) is 80.4 Å². The molecule has 9 N–H and O–H groups in total. The molecule has 2 fully saturated rings. The van der Waals surface area contributed by atoms with E-state index in [0.29, 0.717) is 48.6 Å². The number of aliphatic carboxylic acids is 1. The van der Waals surface area contributed by atoms with Crippen LogP contribution in [-0.4, -0.2) is 109 Å². The predicted molar refractivity (Wildman–Crippen MR) is 210 cm³/mol. The number of hydrogen-bond acceptors (Lipinski definition) is 14. The third-order valence-corrected chi connectivity index (χ3v) is 11.0. The highest BCUT2D eigenvalue weighted by Gasteiger charge is 2.59. The molecule has 1 saturated carbocycles. The van der Waals surface area contributed by atoms with Crippen LogP contribution in [0.4, 0.5) is 0 Å². The summed E-state index contributed by atoms with van der Waals surface area (Å²) < 4.78 is 30.7. The van der Waals surface area contributed by atoms with E-state index in [0.717, 1.165) is 18.6 Å². The second-order valence-corrected chi connectivity index (χ2v) is 15.0. The SMILES string of the molecule is [NH2+]=C1C=CC(CCOc2ccc(C3C=C(O)c4c(cc(O[C@@H]5O[C@H](C(=O)O)[C@](O)(CC6=NC=NC6)[C@@H](O)[C@H]5O)c(OC5(c6cccc(O)c6)CCCC5)c4O)O3)cc2)=N1. The zero-order chi connectivity index (χ0) is 41.5. The van der Waals surface area contributed by atoms with Crippen LogP contribution in [-0.2, 0) is 15.1 Å². The molecule has 0 amide bonds. The van der Waals surface area contributed by atoms with E-state index in [2.05, 4.69) is 15.0 Å². The second kappa shape index (κ2) is 15.8. The quantitative estimate of drug-likeness (QED) is 0.123. The molecule has 1 saturated heterocycles. The molecule has 3 aromatic carbocycles. The van der Waals surface area contributed by atoms with Gasteiger partial charge in [0.05, 0.1) is 13.2 Å². The number of aromatic hydroxyl groups is 2. The van der Waals surface area contributed by atoms with E-state index in [9.17, 15) is 40.5 Å². The number of phenolic OH excluding ortho intramolecular Hbond substituents is 2. The Morgan fingerprint density at radius 2 is 1.80 bits per heavy atom. The maximum Gasteiger partial charge on any atom is 0.336 e. The molecule has 4 aliphatic heterocycles. The van der Waals surface area contributed by atoms with Gasteiger partial charge in [0.25, 0.3) is 0 Å². The van der Waals surface area contributed by atoms with E-state index in [-0.39, 0.29) is 46.6 Å². The Morgan fingerprint density at radius 1 is 1.02 bits per heavy atom. The van der Waals surface area contributed by atoms with Gasteiger partial charge in [0, 0.05) is 36.8 Å². The molecule has 1 aliphatic carbocycles. The van der Waals surface area contributed by atoms with Crippen molar-refractivity contribution in [3.8, 4) is 34.5 Å². The number of allylic oxidation sites excluding steroid dienone is 1. The highest BCUT2D eigenvalue weighted by Crippen LogP contribution is 2.55. The van der Waals surface area contributed by atoms with Gasteiger partial charge >= 0.3 is 11.8 Å². The minimum Gasteiger partial charge on any atom is -0.508 e. The molecule has 6 atom stereocenters. The first-order chi connectivity index (χ1) is 28.3. The van der Waals surface area contributed by atoms with Crippen LogP contribution in [0.3, 0.4) is 0 Å². The molecule has 1 unspecified atom stereocenters. The average Bonchev–Trinajstić information content (AvgIpc) is 4.00. The van der Waals surface area contributed by atoms with Gasteiger partial charge < -0.3 is 59.4 Å². The van der Waals surface area contributed by atoms with Gasteiger partial charge in [-0.15, -0.1) is 0 Å². The van der Waals surface area contributed by atoms with E-state index in [1.54, 1.807) is 48.5 Å². The number of aliphatic imine (C=N–C) groups is 3. The van der Waals surface area contributed by atoms with Crippen molar-refractivity contribution in [3.05, 3.63) is 89.5 Å². The number of amidine groups is 1. The number of benzene rings is 3. The van der Waals surface area contributed by atoms with Crippen molar-refractivity contribution in [2.75, 3.05) is 13.2 Å². The van der Waals surface area contributed by atoms with Crippen molar-refractivity contribution in [1.82, 2.24) is 0 Å². The van der Waals surface area contributed by atoms with Crippen LogP contribution in [0.1, 0.15) is 61.3 Å². The molecule has 5 aliphatic rings. The fourth-order valence-corrected chi connectivity index (χ4v) is 8.02. The summed E-state index contributed by atoms with van der Waals surface area (Å²) in [6.45, 7) is 0.410. The topological polar surface area (TPSA) is 268 Å². The van der Waals surface area contributed by atoms with Crippen molar-refractivity contribution in [2.24, 2.45) is 15.0 Å². The smallest absolute Gasteiger partial charge is 0.336 e. The minimum atomic E-state index is -2.54. The van der Waals surface area contributed by atoms with Crippen molar-refractivity contribution in [1.29, 1.82) is 0 Å². The zero-order valence-electron chi connectivity index (χ0n) is 31.5. The van der Waals surface area contributed by atoms with E-state index >= 15 is 0 Å². The summed E-state index contributed by atoms with van der Waals surface area (Å²) >= 11 is 0. The lowest BCUT2D eigenvalue weighted by Crippen LogP contribution is -2.69. The monoisotopic (exact) mass is 811 g/mol. The number of carboxylic acid groups (broad SMARTS) is 1. The molecule has 59 heavy (non-hydrogen) atoms. The number of nitrogens with two attached hydrogens (primary N) is 1. The van der Waals surface area contributed by atoms with Crippen LogP contribution in [0.15, 0.2) is 87.8 Å². The maximum atomic E-state index is 12.5. The second-order valence-electron chi connectivity index (χ2n) is 15.0. The summed E-state index contributed by atoms with van der Waals surface area (Å²) in [5.74, 6) is -2.35. The van der Waals surface area contributed by atoms with Crippen LogP contribution >= 0.6 is 0 Å². The molecule has 308 valence electrons. The van der Waals surface area contributed by atoms with Gasteiger partial charge in [0.15, 0.2) is 23.3 Å². The van der Waals surface area contributed by atoms with E-state index in [1.165, 1.54) is 24.5 Å². The van der Waals surface area contributed by atoms with E-state index in [1.807, 2.05) is 6.08 Å². The zero-order valence-corrected chi connectivity index (χ0v) is 31.5. The van der Waals surface area contributed by atoms with E-state index in [4.69, 9.17) is 29.1 Å². The summed E-state index contributed by atoms with van der Waals surface area (Å²) in [7, 11) is 0. The fourth-order valence-electron chi connectivity index (χ4n) is 8.02. The number of ether oxygens (including phenoxy) is 5. The van der Waals surface area contributed by atoms with Crippen LogP contribution in [0, 0.1) is 0 Å². The van der Waals surface area contributed by atoms with Crippen molar-refractivity contribution >= 4 is 35.3 Å². The van der Waals surface area contributed by atoms with E-state index < -0.39 is 60.0 Å². The number of nitrogens with zero attached hydrogens (tertiary/aromatic N) is 3. The molecule has 17 nitrogen and oxygen atoms in total. The van der Waals surface area contributed by atoms with Crippen molar-refractivity contribution < 1.29 is 69.6 Å². The number of aliphatic hydroxyl groups is 4.